The summed E-state index contributed by atoms with van der Waals surface area (Å²) in [5.41, 5.74) is 8.06. The van der Waals surface area contributed by atoms with Gasteiger partial charge in [-0.25, -0.2) is 0 Å². The lowest BCUT2D eigenvalue weighted by molar-refractivity contribution is -0.139. The van der Waals surface area contributed by atoms with E-state index in [0.717, 1.165) is 27.7 Å². The van der Waals surface area contributed by atoms with Gasteiger partial charge in [-0.15, -0.1) is 0 Å². The Labute approximate surface area is 146 Å². The lowest BCUT2D eigenvalue weighted by Gasteiger charge is -2.31. The van der Waals surface area contributed by atoms with Crippen molar-refractivity contribution < 1.29 is 9.90 Å². The van der Waals surface area contributed by atoms with Crippen molar-refractivity contribution >= 4 is 16.9 Å². The fourth-order valence-corrected chi connectivity index (χ4v) is 3.93. The first-order chi connectivity index (χ1) is 12.0. The highest BCUT2D eigenvalue weighted by molar-refractivity contribution is 5.87. The van der Waals surface area contributed by atoms with Crippen LogP contribution in [0.25, 0.3) is 10.9 Å². The topological polar surface area (TPSA) is 65.1 Å². The zero-order valence-electron chi connectivity index (χ0n) is 14.7. The first kappa shape index (κ1) is 15.9. The minimum Gasteiger partial charge on any atom is -0.480 e. The van der Waals surface area contributed by atoms with Gasteiger partial charge < -0.3 is 10.1 Å². The molecule has 3 N–H and O–H groups in total. The molecular weight excluding hydrogens is 312 g/mol. The van der Waals surface area contributed by atoms with Crippen LogP contribution < -0.4 is 5.32 Å². The number of carboxylic acid groups (broad SMARTS) is 1. The first-order valence-corrected chi connectivity index (χ1v) is 8.61. The van der Waals surface area contributed by atoms with Crippen LogP contribution in [-0.2, 0) is 11.2 Å². The standard InChI is InChI=1S/C21H22N2O2/c1-11-8-13(3)15(9-12(11)2)19-20-16(10-18(23-19)21(24)25)14-6-4-5-7-17(14)22-20/h4-9,18-19,22-23H,10H2,1-3H3,(H,24,25). The van der Waals surface area contributed by atoms with Gasteiger partial charge in [0.1, 0.15) is 6.04 Å². The average Bonchev–Trinajstić information content (AvgIpc) is 2.96. The lowest BCUT2D eigenvalue weighted by atomic mass is 9.87. The highest BCUT2D eigenvalue weighted by Crippen LogP contribution is 2.36. The quantitative estimate of drug-likeness (QED) is 0.668. The molecule has 0 spiro atoms. The largest absolute Gasteiger partial charge is 0.480 e. The minimum absolute atomic E-state index is 0.142. The van der Waals surface area contributed by atoms with Crippen LogP contribution in [0.15, 0.2) is 36.4 Å². The maximum Gasteiger partial charge on any atom is 0.321 e. The second kappa shape index (κ2) is 5.74. The SMILES string of the molecule is Cc1cc(C)c(C2NC(C(=O)O)Cc3c2[nH]c2ccccc32)cc1C. The molecule has 1 aliphatic rings. The summed E-state index contributed by atoms with van der Waals surface area (Å²) in [5.74, 6) is -0.803. The van der Waals surface area contributed by atoms with E-state index < -0.39 is 12.0 Å². The summed E-state index contributed by atoms with van der Waals surface area (Å²) in [6, 6.07) is 11.8. The summed E-state index contributed by atoms with van der Waals surface area (Å²) < 4.78 is 0. The van der Waals surface area contributed by atoms with Crippen molar-refractivity contribution in [2.75, 3.05) is 0 Å². The van der Waals surface area contributed by atoms with Crippen LogP contribution in [0.3, 0.4) is 0 Å². The molecule has 0 fully saturated rings. The molecule has 2 atom stereocenters. The summed E-state index contributed by atoms with van der Waals surface area (Å²) in [6.45, 7) is 6.30. The van der Waals surface area contributed by atoms with Crippen molar-refractivity contribution in [2.24, 2.45) is 0 Å². The highest BCUT2D eigenvalue weighted by atomic mass is 16.4. The number of hydrogen-bond acceptors (Lipinski definition) is 2. The molecule has 4 rings (SSSR count). The number of aromatic nitrogens is 1. The van der Waals surface area contributed by atoms with E-state index in [0.29, 0.717) is 6.42 Å². The van der Waals surface area contributed by atoms with Gasteiger partial charge in [0.2, 0.25) is 0 Å². The van der Waals surface area contributed by atoms with Gasteiger partial charge in [-0.3, -0.25) is 10.1 Å². The number of benzene rings is 2. The average molecular weight is 334 g/mol. The van der Waals surface area contributed by atoms with Crippen LogP contribution >= 0.6 is 0 Å². The Kier molecular flexibility index (Phi) is 3.65. The molecule has 25 heavy (non-hydrogen) atoms. The van der Waals surface area contributed by atoms with Crippen molar-refractivity contribution in [3.63, 3.8) is 0 Å². The van der Waals surface area contributed by atoms with Crippen LogP contribution in [0.2, 0.25) is 0 Å². The Morgan fingerprint density at radius 2 is 1.80 bits per heavy atom. The monoisotopic (exact) mass is 334 g/mol. The number of aromatic amines is 1. The molecule has 4 heteroatoms. The molecular formula is C21H22N2O2. The van der Waals surface area contributed by atoms with E-state index in [1.54, 1.807) is 0 Å². The van der Waals surface area contributed by atoms with Crippen molar-refractivity contribution in [1.82, 2.24) is 10.3 Å². The summed E-state index contributed by atoms with van der Waals surface area (Å²) in [6.07, 6.45) is 0.495. The Hall–Kier alpha value is -2.59. The van der Waals surface area contributed by atoms with Gasteiger partial charge in [-0.1, -0.05) is 30.3 Å². The molecule has 0 amide bonds. The predicted octanol–water partition coefficient (Wildman–Crippen LogP) is 3.78. The Balaban J connectivity index is 1.94. The van der Waals surface area contributed by atoms with Gasteiger partial charge in [-0.05, 0) is 54.7 Å². The molecule has 0 saturated heterocycles. The number of aliphatic carboxylic acids is 1. The number of carboxylic acids is 1. The first-order valence-electron chi connectivity index (χ1n) is 8.61. The summed E-state index contributed by atoms with van der Waals surface area (Å²) in [5, 5.41) is 14.1. The van der Waals surface area contributed by atoms with Crippen LogP contribution in [-0.4, -0.2) is 22.1 Å². The number of nitrogens with one attached hydrogen (secondary N) is 2. The number of fused-ring (bicyclic) bond motifs is 3. The molecule has 0 bridgehead atoms. The van der Waals surface area contributed by atoms with E-state index in [1.807, 2.05) is 18.2 Å². The third kappa shape index (κ3) is 2.53. The third-order valence-corrected chi connectivity index (χ3v) is 5.40. The Bertz CT molecular complexity index is 987. The molecule has 128 valence electrons. The number of para-hydroxylation sites is 1. The number of carbonyl (C=O) groups is 1. The van der Waals surface area contributed by atoms with Gasteiger partial charge >= 0.3 is 5.97 Å². The second-order valence-electron chi connectivity index (χ2n) is 7.05. The zero-order valence-corrected chi connectivity index (χ0v) is 14.7. The molecule has 0 radical (unpaired) electrons. The summed E-state index contributed by atoms with van der Waals surface area (Å²) >= 11 is 0. The number of aryl methyl sites for hydroxylation is 3. The maximum atomic E-state index is 11.7. The van der Waals surface area contributed by atoms with Gasteiger partial charge in [0.05, 0.1) is 6.04 Å². The fraction of sp³-hybridized carbons (Fsp3) is 0.286. The Morgan fingerprint density at radius 3 is 2.56 bits per heavy atom. The predicted molar refractivity (Wildman–Crippen MR) is 99.1 cm³/mol. The van der Waals surface area contributed by atoms with E-state index in [9.17, 15) is 9.90 Å². The van der Waals surface area contributed by atoms with E-state index >= 15 is 0 Å². The van der Waals surface area contributed by atoms with E-state index in [4.69, 9.17) is 0 Å². The number of rotatable bonds is 2. The van der Waals surface area contributed by atoms with Crippen LogP contribution in [0, 0.1) is 20.8 Å². The molecule has 2 heterocycles. The normalized spacial score (nSPS) is 19.8. The molecule has 3 aromatic rings. The van der Waals surface area contributed by atoms with E-state index in [1.165, 1.54) is 16.7 Å². The molecule has 4 nitrogen and oxygen atoms in total. The van der Waals surface area contributed by atoms with Crippen LogP contribution in [0.5, 0.6) is 0 Å². The second-order valence-corrected chi connectivity index (χ2v) is 7.05. The zero-order chi connectivity index (χ0) is 17.7. The van der Waals surface area contributed by atoms with Crippen molar-refractivity contribution in [1.29, 1.82) is 0 Å². The smallest absolute Gasteiger partial charge is 0.321 e. The molecule has 0 saturated carbocycles. The van der Waals surface area contributed by atoms with E-state index in [2.05, 4.69) is 49.3 Å². The molecule has 2 unspecified atom stereocenters. The van der Waals surface area contributed by atoms with Crippen LogP contribution in [0.4, 0.5) is 0 Å². The van der Waals surface area contributed by atoms with Gasteiger partial charge in [0.25, 0.3) is 0 Å². The van der Waals surface area contributed by atoms with Crippen molar-refractivity contribution in [2.45, 2.75) is 39.3 Å². The maximum absolute atomic E-state index is 11.7. The van der Waals surface area contributed by atoms with Crippen molar-refractivity contribution in [3.05, 3.63) is 69.9 Å². The Morgan fingerprint density at radius 1 is 1.08 bits per heavy atom. The molecule has 1 aromatic heterocycles. The summed E-state index contributed by atoms with van der Waals surface area (Å²) in [4.78, 5) is 15.3. The summed E-state index contributed by atoms with van der Waals surface area (Å²) in [7, 11) is 0. The van der Waals surface area contributed by atoms with Gasteiger partial charge in [0, 0.05) is 23.0 Å². The van der Waals surface area contributed by atoms with Gasteiger partial charge in [0.15, 0.2) is 0 Å². The number of H-pyrrole nitrogens is 1. The molecule has 1 aliphatic heterocycles. The van der Waals surface area contributed by atoms with Gasteiger partial charge in [-0.2, -0.15) is 0 Å². The highest BCUT2D eigenvalue weighted by Gasteiger charge is 2.34. The molecule has 0 aliphatic carbocycles. The van der Waals surface area contributed by atoms with Crippen LogP contribution in [0.1, 0.15) is 39.6 Å². The fourth-order valence-electron chi connectivity index (χ4n) is 3.93. The lowest BCUT2D eigenvalue weighted by Crippen LogP contribution is -2.45. The van der Waals surface area contributed by atoms with Crippen molar-refractivity contribution in [3.8, 4) is 0 Å². The minimum atomic E-state index is -0.803. The third-order valence-electron chi connectivity index (χ3n) is 5.40. The number of hydrogen-bond donors (Lipinski definition) is 3. The molecule has 2 aromatic carbocycles. The van der Waals surface area contributed by atoms with E-state index in [-0.39, 0.29) is 6.04 Å².